The van der Waals surface area contributed by atoms with Crippen molar-refractivity contribution in [2.75, 3.05) is 25.5 Å². The van der Waals surface area contributed by atoms with E-state index >= 15 is 0 Å². The first-order valence-corrected chi connectivity index (χ1v) is 12.5. The first-order chi connectivity index (χ1) is 17.6. The molecule has 0 radical (unpaired) electrons. The van der Waals surface area contributed by atoms with E-state index in [4.69, 9.17) is 4.52 Å². The molecule has 3 heterocycles. The SMILES string of the molecule is CC1CC(C(=O)NCc2nc(-c3cc4c(NC5CCN(C)CC5F)cccc4n3CC(F)(F)F)no2)C1. The zero-order chi connectivity index (χ0) is 26.3. The highest BCUT2D eigenvalue weighted by molar-refractivity contribution is 5.96. The van der Waals surface area contributed by atoms with E-state index < -0.39 is 24.9 Å². The van der Waals surface area contributed by atoms with Crippen LogP contribution in [-0.2, 0) is 17.9 Å². The Morgan fingerprint density at radius 3 is 2.76 bits per heavy atom. The summed E-state index contributed by atoms with van der Waals surface area (Å²) in [7, 11) is 1.85. The molecule has 12 heteroatoms. The summed E-state index contributed by atoms with van der Waals surface area (Å²) in [5.74, 6) is 0.474. The van der Waals surface area contributed by atoms with Crippen LogP contribution in [0.4, 0.5) is 23.2 Å². The standard InChI is InChI=1S/C25H30F4N6O2/c1-14-8-15(9-14)24(36)30-11-22-32-23(33-37-22)21-10-16-18(31-19-6-7-34(2)12-17(19)26)4-3-5-20(16)35(21)13-25(27,28)29/h3-5,10,14-15,17,19,31H,6-9,11-13H2,1-2H3,(H,30,36). The predicted octanol–water partition coefficient (Wildman–Crippen LogP) is 4.37. The number of alkyl halides is 4. The predicted molar refractivity (Wildman–Crippen MR) is 129 cm³/mol. The molecule has 1 aromatic carbocycles. The van der Waals surface area contributed by atoms with Crippen molar-refractivity contribution in [2.24, 2.45) is 11.8 Å². The topological polar surface area (TPSA) is 88.2 Å². The molecule has 1 amide bonds. The molecular formula is C25H30F4N6O2. The molecule has 1 saturated heterocycles. The number of carbonyl (C=O) groups is 1. The van der Waals surface area contributed by atoms with Crippen LogP contribution >= 0.6 is 0 Å². The molecule has 2 fully saturated rings. The number of amides is 1. The number of likely N-dealkylation sites (tertiary alicyclic amines) is 1. The zero-order valence-electron chi connectivity index (χ0n) is 20.7. The van der Waals surface area contributed by atoms with Gasteiger partial charge in [-0.2, -0.15) is 18.2 Å². The van der Waals surface area contributed by atoms with Gasteiger partial charge in [0.05, 0.1) is 23.8 Å². The number of rotatable bonds is 7. The van der Waals surface area contributed by atoms with Crippen molar-refractivity contribution in [2.45, 2.75) is 57.7 Å². The summed E-state index contributed by atoms with van der Waals surface area (Å²) in [5.41, 5.74) is 0.984. The fourth-order valence-electron chi connectivity index (χ4n) is 5.22. The van der Waals surface area contributed by atoms with Crippen molar-refractivity contribution < 1.29 is 26.9 Å². The molecule has 3 aromatic rings. The third kappa shape index (κ3) is 5.58. The second kappa shape index (κ2) is 9.96. The molecular weight excluding hydrogens is 492 g/mol. The maximum absolute atomic E-state index is 14.7. The number of hydrogen-bond acceptors (Lipinski definition) is 6. The molecule has 1 aliphatic heterocycles. The van der Waals surface area contributed by atoms with Crippen LogP contribution in [0.3, 0.4) is 0 Å². The van der Waals surface area contributed by atoms with E-state index in [-0.39, 0.29) is 42.3 Å². The lowest BCUT2D eigenvalue weighted by Crippen LogP contribution is -2.46. The quantitative estimate of drug-likeness (QED) is 0.448. The van der Waals surface area contributed by atoms with Crippen molar-refractivity contribution in [1.82, 2.24) is 24.9 Å². The number of anilines is 1. The van der Waals surface area contributed by atoms with Crippen LogP contribution in [0.25, 0.3) is 22.4 Å². The highest BCUT2D eigenvalue weighted by Gasteiger charge is 2.33. The third-order valence-electron chi connectivity index (χ3n) is 7.22. The zero-order valence-corrected chi connectivity index (χ0v) is 20.7. The average Bonchev–Trinajstić information content (AvgIpc) is 3.41. The molecule has 5 rings (SSSR count). The Labute approximate surface area is 211 Å². The Morgan fingerprint density at radius 1 is 1.27 bits per heavy atom. The largest absolute Gasteiger partial charge is 0.406 e. The first kappa shape index (κ1) is 25.5. The van der Waals surface area contributed by atoms with Gasteiger partial charge >= 0.3 is 6.18 Å². The number of fused-ring (bicyclic) bond motifs is 1. The van der Waals surface area contributed by atoms with Gasteiger partial charge in [0, 0.05) is 30.1 Å². The van der Waals surface area contributed by atoms with E-state index in [9.17, 15) is 22.4 Å². The van der Waals surface area contributed by atoms with Gasteiger partial charge in [-0.1, -0.05) is 18.1 Å². The number of nitrogens with one attached hydrogen (secondary N) is 2. The fraction of sp³-hybridized carbons (Fsp3) is 0.560. The summed E-state index contributed by atoms with van der Waals surface area (Å²) in [4.78, 5) is 18.4. The van der Waals surface area contributed by atoms with Gasteiger partial charge in [0.2, 0.25) is 17.6 Å². The van der Waals surface area contributed by atoms with E-state index in [2.05, 4.69) is 27.7 Å². The van der Waals surface area contributed by atoms with E-state index in [0.29, 0.717) is 28.9 Å². The second-order valence-electron chi connectivity index (χ2n) is 10.3. The summed E-state index contributed by atoms with van der Waals surface area (Å²) < 4.78 is 61.7. The van der Waals surface area contributed by atoms with Crippen molar-refractivity contribution >= 4 is 22.5 Å². The van der Waals surface area contributed by atoms with Crippen molar-refractivity contribution in [1.29, 1.82) is 0 Å². The molecule has 2 unspecified atom stereocenters. The van der Waals surface area contributed by atoms with E-state index in [1.165, 1.54) is 0 Å². The van der Waals surface area contributed by atoms with Crippen molar-refractivity contribution in [3.63, 3.8) is 0 Å². The molecule has 2 aromatic heterocycles. The van der Waals surface area contributed by atoms with Gasteiger partial charge in [-0.25, -0.2) is 4.39 Å². The van der Waals surface area contributed by atoms with Crippen LogP contribution in [0.5, 0.6) is 0 Å². The Hall–Kier alpha value is -3.15. The molecule has 2 N–H and O–H groups in total. The highest BCUT2D eigenvalue weighted by Crippen LogP contribution is 2.35. The van der Waals surface area contributed by atoms with Crippen molar-refractivity contribution in [3.05, 3.63) is 30.2 Å². The van der Waals surface area contributed by atoms with Gasteiger partial charge in [0.1, 0.15) is 12.7 Å². The van der Waals surface area contributed by atoms with Gasteiger partial charge in [-0.05, 0) is 50.4 Å². The minimum absolute atomic E-state index is 0.00294. The molecule has 2 atom stereocenters. The summed E-state index contributed by atoms with van der Waals surface area (Å²) in [6.45, 7) is 1.83. The molecule has 37 heavy (non-hydrogen) atoms. The van der Waals surface area contributed by atoms with Gasteiger partial charge in [0.25, 0.3) is 0 Å². The molecule has 1 aliphatic carbocycles. The summed E-state index contributed by atoms with van der Waals surface area (Å²) in [6, 6.07) is 6.07. The minimum Gasteiger partial charge on any atom is -0.379 e. The minimum atomic E-state index is -4.50. The fourth-order valence-corrected chi connectivity index (χ4v) is 5.22. The van der Waals surface area contributed by atoms with Gasteiger partial charge < -0.3 is 24.6 Å². The number of halogens is 4. The molecule has 200 valence electrons. The molecule has 2 aliphatic rings. The van der Waals surface area contributed by atoms with Crippen LogP contribution < -0.4 is 10.6 Å². The number of piperidine rings is 1. The molecule has 0 spiro atoms. The number of carbonyl (C=O) groups excluding carboxylic acids is 1. The van der Waals surface area contributed by atoms with Gasteiger partial charge in [-0.15, -0.1) is 0 Å². The van der Waals surface area contributed by atoms with Crippen LogP contribution in [0, 0.1) is 11.8 Å². The van der Waals surface area contributed by atoms with Crippen LogP contribution in [0.15, 0.2) is 28.8 Å². The Kier molecular flexibility index (Phi) is 6.86. The molecule has 8 nitrogen and oxygen atoms in total. The molecule has 1 saturated carbocycles. The summed E-state index contributed by atoms with van der Waals surface area (Å²) >= 11 is 0. The Balaban J connectivity index is 1.42. The number of benzene rings is 1. The van der Waals surface area contributed by atoms with Crippen molar-refractivity contribution in [3.8, 4) is 11.5 Å². The highest BCUT2D eigenvalue weighted by atomic mass is 19.4. The smallest absolute Gasteiger partial charge is 0.379 e. The summed E-state index contributed by atoms with van der Waals surface area (Å²) in [5, 5.41) is 10.4. The first-order valence-electron chi connectivity index (χ1n) is 12.5. The Morgan fingerprint density at radius 2 is 2.05 bits per heavy atom. The molecule has 0 bridgehead atoms. The van der Waals surface area contributed by atoms with Gasteiger partial charge in [0.15, 0.2) is 0 Å². The summed E-state index contributed by atoms with van der Waals surface area (Å²) in [6.07, 6.45) is -3.37. The lowest BCUT2D eigenvalue weighted by molar-refractivity contribution is -0.139. The monoisotopic (exact) mass is 522 g/mol. The van der Waals surface area contributed by atoms with E-state index in [1.807, 2.05) is 11.9 Å². The maximum Gasteiger partial charge on any atom is 0.406 e. The Bertz CT molecular complexity index is 1270. The second-order valence-corrected chi connectivity index (χ2v) is 10.3. The maximum atomic E-state index is 14.7. The van der Waals surface area contributed by atoms with Crippen LogP contribution in [0.2, 0.25) is 0 Å². The number of aromatic nitrogens is 3. The van der Waals surface area contributed by atoms with E-state index in [0.717, 1.165) is 24.0 Å². The number of nitrogens with zero attached hydrogens (tertiary/aromatic N) is 4. The lowest BCUT2D eigenvalue weighted by Gasteiger charge is -2.33. The third-order valence-corrected chi connectivity index (χ3v) is 7.22. The van der Waals surface area contributed by atoms with E-state index in [1.54, 1.807) is 24.3 Å². The van der Waals surface area contributed by atoms with Crippen LogP contribution in [-0.4, -0.2) is 64.0 Å². The van der Waals surface area contributed by atoms with Gasteiger partial charge in [-0.3, -0.25) is 4.79 Å². The normalized spacial score (nSPS) is 24.7. The van der Waals surface area contributed by atoms with Crippen LogP contribution in [0.1, 0.15) is 32.1 Å². The number of hydrogen-bond donors (Lipinski definition) is 2. The average molecular weight is 523 g/mol. The lowest BCUT2D eigenvalue weighted by atomic mass is 9.76.